The first-order valence-corrected chi connectivity index (χ1v) is 16.3. The van der Waals surface area contributed by atoms with Gasteiger partial charge in [-0.1, -0.05) is 59.6 Å². The maximum absolute atomic E-state index is 15.2. The molecule has 4 atom stereocenters. The molecule has 0 unspecified atom stereocenters. The van der Waals surface area contributed by atoms with Crippen molar-refractivity contribution in [2.24, 2.45) is 5.92 Å². The Morgan fingerprint density at radius 1 is 0.952 bits per heavy atom. The van der Waals surface area contributed by atoms with Gasteiger partial charge in [0.15, 0.2) is 6.10 Å². The van der Waals surface area contributed by atoms with E-state index in [4.69, 9.17) is 27.9 Å². The average molecular weight is 634 g/mol. The zero-order valence-electron chi connectivity index (χ0n) is 22.7. The lowest BCUT2D eigenvalue weighted by Gasteiger charge is -2.49. The Kier molecular flexibility index (Phi) is 8.24. The molecule has 1 heterocycles. The molecule has 3 aromatic carbocycles. The summed E-state index contributed by atoms with van der Waals surface area (Å²) in [6.07, 6.45) is 0.665. The van der Waals surface area contributed by atoms with Crippen LogP contribution in [0.3, 0.4) is 0 Å². The Hall–Kier alpha value is -2.69. The molecule has 2 aliphatic carbocycles. The standard InChI is InChI=1S/C31H31Cl2FN2O5S/c32-22-12-10-20(11-13-22)29-30(21-4-3-5-23(33)16-21)41-28(18-37)31(38)36(29)27(19-8-9-19)17-35(42(39,40)24-14-15-24)26-7-2-1-6-25(26)34/h1-7,10-13,16,19,24,27-30,37H,8-9,14-15,17-18H2/t27-,28-,29+,30+/m0/s1. The Morgan fingerprint density at radius 2 is 1.67 bits per heavy atom. The summed E-state index contributed by atoms with van der Waals surface area (Å²) in [4.78, 5) is 15.8. The molecule has 0 radical (unpaired) electrons. The first kappa shape index (κ1) is 29.4. The molecule has 1 amide bonds. The smallest absolute Gasteiger partial charge is 0.255 e. The van der Waals surface area contributed by atoms with Crippen LogP contribution >= 0.6 is 23.2 Å². The molecule has 1 saturated heterocycles. The van der Waals surface area contributed by atoms with Gasteiger partial charge in [0.25, 0.3) is 5.91 Å². The lowest BCUT2D eigenvalue weighted by Crippen LogP contribution is -2.59. The van der Waals surface area contributed by atoms with Gasteiger partial charge in [0.2, 0.25) is 10.0 Å². The van der Waals surface area contributed by atoms with Gasteiger partial charge in [0.1, 0.15) is 11.9 Å². The topological polar surface area (TPSA) is 87.2 Å². The summed E-state index contributed by atoms with van der Waals surface area (Å²) in [5.74, 6) is -1.13. The molecule has 0 spiro atoms. The highest BCUT2D eigenvalue weighted by atomic mass is 35.5. The van der Waals surface area contributed by atoms with E-state index < -0.39 is 57.9 Å². The Labute approximate surface area is 254 Å². The molecule has 2 saturated carbocycles. The number of aliphatic hydroxyl groups excluding tert-OH is 1. The second kappa shape index (κ2) is 11.8. The zero-order valence-corrected chi connectivity index (χ0v) is 25.0. The molecule has 3 aromatic rings. The van der Waals surface area contributed by atoms with Crippen molar-refractivity contribution in [1.82, 2.24) is 4.90 Å². The first-order valence-electron chi connectivity index (χ1n) is 14.0. The molecule has 6 rings (SSSR count). The highest BCUT2D eigenvalue weighted by Gasteiger charge is 2.52. The van der Waals surface area contributed by atoms with Crippen molar-refractivity contribution in [3.63, 3.8) is 0 Å². The van der Waals surface area contributed by atoms with E-state index in [0.29, 0.717) is 28.5 Å². The van der Waals surface area contributed by atoms with Gasteiger partial charge < -0.3 is 14.7 Å². The fraction of sp³-hybridized carbons (Fsp3) is 0.387. The van der Waals surface area contributed by atoms with Gasteiger partial charge in [-0.3, -0.25) is 9.10 Å². The summed E-state index contributed by atoms with van der Waals surface area (Å²) in [6.45, 7) is -0.685. The normalized spacial score (nSPS) is 23.6. The number of ether oxygens (including phenoxy) is 1. The Morgan fingerprint density at radius 3 is 2.29 bits per heavy atom. The molecule has 222 valence electrons. The van der Waals surface area contributed by atoms with E-state index in [1.165, 1.54) is 18.2 Å². The summed E-state index contributed by atoms with van der Waals surface area (Å²) < 4.78 is 50.2. The summed E-state index contributed by atoms with van der Waals surface area (Å²) in [7, 11) is -3.90. The van der Waals surface area contributed by atoms with Crippen LogP contribution in [0.1, 0.15) is 49.0 Å². The maximum atomic E-state index is 15.2. The molecular formula is C31H31Cl2FN2O5S. The van der Waals surface area contributed by atoms with Crippen LogP contribution in [0.25, 0.3) is 0 Å². The molecule has 1 aliphatic heterocycles. The summed E-state index contributed by atoms with van der Waals surface area (Å²) in [5, 5.41) is 10.7. The van der Waals surface area contributed by atoms with Crippen molar-refractivity contribution in [1.29, 1.82) is 0 Å². The number of amides is 1. The summed E-state index contributed by atoms with van der Waals surface area (Å²) in [6, 6.07) is 18.7. The number of anilines is 1. The van der Waals surface area contributed by atoms with E-state index >= 15 is 4.39 Å². The van der Waals surface area contributed by atoms with Gasteiger partial charge >= 0.3 is 0 Å². The van der Waals surface area contributed by atoms with Gasteiger partial charge in [-0.05, 0) is 79.1 Å². The number of para-hydroxylation sites is 1. The Bertz CT molecular complexity index is 1570. The third-order valence-electron chi connectivity index (χ3n) is 8.23. The number of carbonyl (C=O) groups is 1. The van der Waals surface area contributed by atoms with Crippen LogP contribution in [0.4, 0.5) is 10.1 Å². The number of hydrogen-bond acceptors (Lipinski definition) is 5. The highest BCUT2D eigenvalue weighted by Crippen LogP contribution is 2.48. The number of halogens is 3. The number of hydrogen-bond donors (Lipinski definition) is 1. The SMILES string of the molecule is O=C1[C@H](CO)O[C@H](c2cccc(Cl)c2)[C@@H](c2ccc(Cl)cc2)N1[C@@H](CN(c1ccccc1F)S(=O)(=O)C1CC1)C1CC1. The van der Waals surface area contributed by atoms with Gasteiger partial charge in [0.05, 0.1) is 36.2 Å². The molecule has 0 bridgehead atoms. The van der Waals surface area contributed by atoms with E-state index in [1.807, 2.05) is 18.2 Å². The van der Waals surface area contributed by atoms with Gasteiger partial charge in [-0.15, -0.1) is 0 Å². The number of nitrogens with zero attached hydrogens (tertiary/aromatic N) is 2. The third-order valence-corrected chi connectivity index (χ3v) is 11.0. The van der Waals surface area contributed by atoms with Crippen LogP contribution in [0, 0.1) is 11.7 Å². The van der Waals surface area contributed by atoms with Crippen molar-refractivity contribution in [3.05, 3.63) is 99.8 Å². The van der Waals surface area contributed by atoms with E-state index in [1.54, 1.807) is 41.3 Å². The molecular weight excluding hydrogens is 602 g/mol. The second-order valence-corrected chi connectivity index (χ2v) is 14.2. The van der Waals surface area contributed by atoms with Crippen molar-refractivity contribution < 1.29 is 27.4 Å². The number of morpholine rings is 1. The number of sulfonamides is 1. The molecule has 7 nitrogen and oxygen atoms in total. The molecule has 11 heteroatoms. The van der Waals surface area contributed by atoms with Gasteiger partial charge in [0, 0.05) is 10.0 Å². The predicted octanol–water partition coefficient (Wildman–Crippen LogP) is 5.91. The summed E-state index contributed by atoms with van der Waals surface area (Å²) in [5.41, 5.74) is 1.38. The van der Waals surface area contributed by atoms with Crippen molar-refractivity contribution in [2.45, 2.75) is 55.2 Å². The summed E-state index contributed by atoms with van der Waals surface area (Å²) >= 11 is 12.6. The predicted molar refractivity (Wildman–Crippen MR) is 159 cm³/mol. The highest BCUT2D eigenvalue weighted by molar-refractivity contribution is 7.93. The zero-order chi connectivity index (χ0) is 29.6. The second-order valence-electron chi connectivity index (χ2n) is 11.2. The Balaban J connectivity index is 1.49. The van der Waals surface area contributed by atoms with Crippen molar-refractivity contribution in [3.8, 4) is 0 Å². The lowest BCUT2D eigenvalue weighted by molar-refractivity contribution is -0.184. The van der Waals surface area contributed by atoms with E-state index in [9.17, 15) is 18.3 Å². The monoisotopic (exact) mass is 632 g/mol. The van der Waals surface area contributed by atoms with Crippen LogP contribution in [0.2, 0.25) is 10.0 Å². The van der Waals surface area contributed by atoms with Crippen LogP contribution < -0.4 is 4.31 Å². The van der Waals surface area contributed by atoms with E-state index in [-0.39, 0.29) is 18.2 Å². The molecule has 3 fully saturated rings. The minimum absolute atomic E-state index is 0.0233. The molecule has 3 aliphatic rings. The van der Waals surface area contributed by atoms with Gasteiger partial charge in [-0.25, -0.2) is 12.8 Å². The van der Waals surface area contributed by atoms with E-state index in [0.717, 1.165) is 22.7 Å². The van der Waals surface area contributed by atoms with Gasteiger partial charge in [-0.2, -0.15) is 0 Å². The quantitative estimate of drug-likeness (QED) is 0.300. The largest absolute Gasteiger partial charge is 0.393 e. The maximum Gasteiger partial charge on any atom is 0.255 e. The molecule has 1 N–H and O–H groups in total. The third kappa shape index (κ3) is 5.77. The lowest BCUT2D eigenvalue weighted by atomic mass is 9.89. The molecule has 0 aromatic heterocycles. The molecule has 42 heavy (non-hydrogen) atoms. The minimum atomic E-state index is -3.90. The van der Waals surface area contributed by atoms with Crippen LogP contribution in [-0.2, 0) is 19.6 Å². The van der Waals surface area contributed by atoms with Crippen molar-refractivity contribution in [2.75, 3.05) is 17.5 Å². The fourth-order valence-electron chi connectivity index (χ4n) is 5.84. The first-order chi connectivity index (χ1) is 20.2. The van der Waals surface area contributed by atoms with Crippen LogP contribution in [-0.4, -0.2) is 54.9 Å². The van der Waals surface area contributed by atoms with Crippen LogP contribution in [0.5, 0.6) is 0 Å². The number of carbonyl (C=O) groups excluding carboxylic acids is 1. The minimum Gasteiger partial charge on any atom is -0.393 e. The number of rotatable bonds is 10. The number of aliphatic hydroxyl groups is 1. The van der Waals surface area contributed by atoms with Crippen molar-refractivity contribution >= 4 is 44.8 Å². The average Bonchev–Trinajstić information content (AvgIpc) is 3.88. The fourth-order valence-corrected chi connectivity index (χ4v) is 8.04. The van der Waals surface area contributed by atoms with Crippen LogP contribution in [0.15, 0.2) is 72.8 Å². The van der Waals surface area contributed by atoms with E-state index in [2.05, 4.69) is 0 Å². The number of benzene rings is 3.